The maximum absolute atomic E-state index is 13.0. The van der Waals surface area contributed by atoms with Crippen molar-refractivity contribution in [3.63, 3.8) is 0 Å². The zero-order chi connectivity index (χ0) is 15.2. The highest BCUT2D eigenvalue weighted by Crippen LogP contribution is 2.42. The molecule has 1 aromatic carbocycles. The minimum absolute atomic E-state index is 0.202. The van der Waals surface area contributed by atoms with Crippen molar-refractivity contribution in [3.05, 3.63) is 29.3 Å². The van der Waals surface area contributed by atoms with Crippen LogP contribution in [0.1, 0.15) is 36.8 Å². The molecule has 2 saturated heterocycles. The fraction of sp³-hybridized carbons (Fsp3) is 0.625. The summed E-state index contributed by atoms with van der Waals surface area (Å²) in [5.74, 6) is 0. The highest BCUT2D eigenvalue weighted by atomic mass is 32.2. The Bertz CT molecular complexity index is 628. The minimum atomic E-state index is -3.34. The van der Waals surface area contributed by atoms with Crippen LogP contribution in [0.4, 0.5) is 0 Å². The van der Waals surface area contributed by atoms with Gasteiger partial charge in [-0.05, 0) is 69.0 Å². The number of sulfonamides is 1. The molecule has 0 N–H and O–H groups in total. The molecule has 2 fully saturated rings. The fourth-order valence-electron chi connectivity index (χ4n) is 3.67. The maximum atomic E-state index is 13.0. The van der Waals surface area contributed by atoms with E-state index in [1.807, 2.05) is 42.0 Å². The normalized spacial score (nSPS) is 29.8. The molecule has 0 aromatic heterocycles. The Morgan fingerprint density at radius 1 is 1.10 bits per heavy atom. The van der Waals surface area contributed by atoms with Gasteiger partial charge >= 0.3 is 0 Å². The predicted molar refractivity (Wildman–Crippen MR) is 88.3 cm³/mol. The number of hydrogen-bond acceptors (Lipinski definition) is 3. The molecular weight excluding hydrogens is 302 g/mol. The van der Waals surface area contributed by atoms with E-state index in [1.165, 1.54) is 0 Å². The Hall–Kier alpha value is -0.520. The van der Waals surface area contributed by atoms with E-state index in [2.05, 4.69) is 6.26 Å². The third-order valence-electron chi connectivity index (χ3n) is 5.01. The topological polar surface area (TPSA) is 37.4 Å². The average Bonchev–Trinajstić information content (AvgIpc) is 2.74. The zero-order valence-electron chi connectivity index (χ0n) is 12.9. The summed E-state index contributed by atoms with van der Waals surface area (Å²) in [6, 6.07) is 5.90. The van der Waals surface area contributed by atoms with Crippen LogP contribution in [0, 0.1) is 13.8 Å². The van der Waals surface area contributed by atoms with Crippen molar-refractivity contribution in [1.29, 1.82) is 0 Å². The van der Waals surface area contributed by atoms with Crippen LogP contribution in [-0.4, -0.2) is 36.3 Å². The van der Waals surface area contributed by atoms with Gasteiger partial charge < -0.3 is 0 Å². The summed E-state index contributed by atoms with van der Waals surface area (Å²) in [6.45, 7) is 3.99. The second kappa shape index (κ2) is 5.60. The van der Waals surface area contributed by atoms with Crippen molar-refractivity contribution in [2.75, 3.05) is 6.26 Å². The summed E-state index contributed by atoms with van der Waals surface area (Å²) in [5, 5.41) is 0.619. The number of piperidine rings is 1. The van der Waals surface area contributed by atoms with Gasteiger partial charge in [0.1, 0.15) is 0 Å². The molecule has 2 aliphatic heterocycles. The summed E-state index contributed by atoms with van der Waals surface area (Å²) >= 11 is 1.88. The first-order valence-electron chi connectivity index (χ1n) is 7.57. The number of aryl methyl sites for hydroxylation is 2. The zero-order valence-corrected chi connectivity index (χ0v) is 14.5. The van der Waals surface area contributed by atoms with Crippen LogP contribution in [0.3, 0.4) is 0 Å². The van der Waals surface area contributed by atoms with Crippen LogP contribution < -0.4 is 0 Å². The maximum Gasteiger partial charge on any atom is 0.243 e. The fourth-order valence-corrected chi connectivity index (χ4v) is 6.47. The lowest BCUT2D eigenvalue weighted by molar-refractivity contribution is 0.253. The average molecular weight is 325 g/mol. The minimum Gasteiger partial charge on any atom is -0.207 e. The van der Waals surface area contributed by atoms with Gasteiger partial charge in [0.05, 0.1) is 4.90 Å². The Balaban J connectivity index is 1.94. The summed E-state index contributed by atoms with van der Waals surface area (Å²) in [5.41, 5.74) is 2.18. The van der Waals surface area contributed by atoms with Gasteiger partial charge in [0.15, 0.2) is 0 Å². The van der Waals surface area contributed by atoms with Crippen molar-refractivity contribution in [1.82, 2.24) is 4.31 Å². The number of thioether (sulfide) groups is 1. The number of nitrogens with zero attached hydrogens (tertiary/aromatic N) is 1. The molecule has 2 unspecified atom stereocenters. The summed E-state index contributed by atoms with van der Waals surface area (Å²) in [6.07, 6.45) is 6.18. The molecule has 116 valence electrons. The van der Waals surface area contributed by atoms with Gasteiger partial charge in [0.2, 0.25) is 10.0 Å². The lowest BCUT2D eigenvalue weighted by atomic mass is 10.1. The van der Waals surface area contributed by atoms with Gasteiger partial charge in [-0.2, -0.15) is 16.1 Å². The highest BCUT2D eigenvalue weighted by molar-refractivity contribution is 7.99. The molecule has 0 aliphatic carbocycles. The van der Waals surface area contributed by atoms with Crippen molar-refractivity contribution >= 4 is 21.8 Å². The number of fused-ring (bicyclic) bond motifs is 2. The summed E-state index contributed by atoms with van der Waals surface area (Å²) in [7, 11) is -3.34. The van der Waals surface area contributed by atoms with Crippen LogP contribution in [0.2, 0.25) is 0 Å². The van der Waals surface area contributed by atoms with Crippen LogP contribution in [0.25, 0.3) is 0 Å². The molecule has 0 spiro atoms. The molecule has 2 heterocycles. The molecule has 2 atom stereocenters. The summed E-state index contributed by atoms with van der Waals surface area (Å²) in [4.78, 5) is 0.463. The van der Waals surface area contributed by atoms with Gasteiger partial charge in [0.25, 0.3) is 0 Å². The Kier molecular flexibility index (Phi) is 4.10. The van der Waals surface area contributed by atoms with Crippen LogP contribution in [0.15, 0.2) is 23.1 Å². The van der Waals surface area contributed by atoms with Gasteiger partial charge in [-0.1, -0.05) is 6.07 Å². The van der Waals surface area contributed by atoms with E-state index in [4.69, 9.17) is 0 Å². The molecule has 0 saturated carbocycles. The van der Waals surface area contributed by atoms with E-state index in [0.717, 1.165) is 36.8 Å². The van der Waals surface area contributed by atoms with Crippen LogP contribution in [-0.2, 0) is 10.0 Å². The van der Waals surface area contributed by atoms with Gasteiger partial charge in [0, 0.05) is 17.3 Å². The smallest absolute Gasteiger partial charge is 0.207 e. The van der Waals surface area contributed by atoms with Crippen molar-refractivity contribution in [2.24, 2.45) is 0 Å². The third-order valence-corrected chi connectivity index (χ3v) is 8.06. The molecule has 3 nitrogen and oxygen atoms in total. The van der Waals surface area contributed by atoms with Crippen molar-refractivity contribution in [3.8, 4) is 0 Å². The van der Waals surface area contributed by atoms with E-state index in [9.17, 15) is 8.42 Å². The second-order valence-electron chi connectivity index (χ2n) is 6.30. The standard InChI is InChI=1S/C16H23NO2S2/c1-11-4-7-16(8-12(11)2)21(18,19)17-13-5-6-14(17)10-15(9-13)20-3/h4,7-8,13-15H,5-6,9-10H2,1-3H3. The largest absolute Gasteiger partial charge is 0.243 e. The van der Waals surface area contributed by atoms with E-state index < -0.39 is 10.0 Å². The molecule has 0 amide bonds. The molecule has 2 aliphatic rings. The first-order chi connectivity index (χ1) is 9.93. The van der Waals surface area contributed by atoms with E-state index in [-0.39, 0.29) is 12.1 Å². The Morgan fingerprint density at radius 2 is 1.71 bits per heavy atom. The van der Waals surface area contributed by atoms with E-state index in [0.29, 0.717) is 10.1 Å². The van der Waals surface area contributed by atoms with E-state index in [1.54, 1.807) is 6.07 Å². The van der Waals surface area contributed by atoms with Crippen molar-refractivity contribution in [2.45, 2.75) is 61.8 Å². The molecule has 2 bridgehead atoms. The Labute approximate surface area is 132 Å². The monoisotopic (exact) mass is 325 g/mol. The van der Waals surface area contributed by atoms with Crippen LogP contribution >= 0.6 is 11.8 Å². The molecule has 5 heteroatoms. The quantitative estimate of drug-likeness (QED) is 0.855. The SMILES string of the molecule is CSC1CC2CCC(C1)N2S(=O)(=O)c1ccc(C)c(C)c1. The second-order valence-corrected chi connectivity index (χ2v) is 9.28. The van der Waals surface area contributed by atoms with Gasteiger partial charge in [-0.25, -0.2) is 8.42 Å². The molecule has 3 rings (SSSR count). The van der Waals surface area contributed by atoms with Crippen LogP contribution in [0.5, 0.6) is 0 Å². The summed E-state index contributed by atoms with van der Waals surface area (Å²) < 4.78 is 27.9. The van der Waals surface area contributed by atoms with E-state index >= 15 is 0 Å². The lowest BCUT2D eigenvalue weighted by Crippen LogP contribution is -2.47. The molecule has 0 radical (unpaired) electrons. The predicted octanol–water partition coefficient (Wildman–Crippen LogP) is 3.35. The van der Waals surface area contributed by atoms with Gasteiger partial charge in [-0.15, -0.1) is 0 Å². The first kappa shape index (κ1) is 15.4. The van der Waals surface area contributed by atoms with Crippen molar-refractivity contribution < 1.29 is 8.42 Å². The Morgan fingerprint density at radius 3 is 2.24 bits per heavy atom. The lowest BCUT2D eigenvalue weighted by Gasteiger charge is -2.37. The molecular formula is C16H23NO2S2. The van der Waals surface area contributed by atoms with Gasteiger partial charge in [-0.3, -0.25) is 0 Å². The highest BCUT2D eigenvalue weighted by Gasteiger charge is 2.46. The molecule has 21 heavy (non-hydrogen) atoms. The number of rotatable bonds is 3. The number of hydrogen-bond donors (Lipinski definition) is 0. The first-order valence-corrected chi connectivity index (χ1v) is 10.3. The number of benzene rings is 1. The third kappa shape index (κ3) is 2.64. The molecule has 1 aromatic rings.